The maximum absolute atomic E-state index is 5.51. The van der Waals surface area contributed by atoms with Gasteiger partial charge in [0.2, 0.25) is 0 Å². The Morgan fingerprint density at radius 3 is 2.67 bits per heavy atom. The molecule has 2 aliphatic rings. The largest absolute Gasteiger partial charge is 0.393 e. The minimum absolute atomic E-state index is 0.565. The van der Waals surface area contributed by atoms with E-state index < -0.39 is 0 Å². The molecule has 1 saturated carbocycles. The van der Waals surface area contributed by atoms with Gasteiger partial charge in [0.25, 0.3) is 0 Å². The molecule has 1 aliphatic heterocycles. The Balaban J connectivity index is 1.80. The molecular weight excluding hydrogens is 168 g/mol. The van der Waals surface area contributed by atoms with Gasteiger partial charge in [0.05, 0.1) is 4.99 Å². The molecule has 2 N–H and O–H groups in total. The summed E-state index contributed by atoms with van der Waals surface area (Å²) in [4.78, 5) is 3.18. The van der Waals surface area contributed by atoms with E-state index in [4.69, 9.17) is 18.0 Å². The number of fused-ring (bicyclic) bond motifs is 1. The van der Waals surface area contributed by atoms with Crippen LogP contribution in [0.3, 0.4) is 0 Å². The summed E-state index contributed by atoms with van der Waals surface area (Å²) in [7, 11) is 0. The van der Waals surface area contributed by atoms with Gasteiger partial charge in [0.15, 0.2) is 0 Å². The zero-order chi connectivity index (χ0) is 8.72. The Kier molecular flexibility index (Phi) is 2.09. The molecule has 3 heteroatoms. The average Bonchev–Trinajstić information content (AvgIpc) is 2.57. The van der Waals surface area contributed by atoms with Gasteiger partial charge in [0, 0.05) is 25.6 Å². The van der Waals surface area contributed by atoms with Crippen molar-refractivity contribution >= 4 is 17.2 Å². The van der Waals surface area contributed by atoms with Gasteiger partial charge in [-0.15, -0.1) is 0 Å². The van der Waals surface area contributed by atoms with E-state index in [0.29, 0.717) is 11.0 Å². The van der Waals surface area contributed by atoms with E-state index in [1.165, 1.54) is 19.5 Å². The normalized spacial score (nSPS) is 36.1. The lowest BCUT2D eigenvalue weighted by molar-refractivity contribution is 0.239. The molecule has 2 rings (SSSR count). The summed E-state index contributed by atoms with van der Waals surface area (Å²) >= 11 is 4.90. The summed E-state index contributed by atoms with van der Waals surface area (Å²) in [6, 6.07) is 0.565. The maximum Gasteiger partial charge on any atom is 0.0742 e. The third-order valence-corrected chi connectivity index (χ3v) is 3.29. The van der Waals surface area contributed by atoms with E-state index in [2.05, 4.69) is 11.8 Å². The number of rotatable bonds is 3. The lowest BCUT2D eigenvalue weighted by atomic mass is 10.2. The smallest absolute Gasteiger partial charge is 0.0742 e. The van der Waals surface area contributed by atoms with Gasteiger partial charge in [-0.05, 0) is 25.2 Å². The summed E-state index contributed by atoms with van der Waals surface area (Å²) < 4.78 is 0. The van der Waals surface area contributed by atoms with Crippen molar-refractivity contribution in [3.63, 3.8) is 0 Å². The number of piperidine rings is 1. The molecule has 0 spiro atoms. The van der Waals surface area contributed by atoms with Crippen LogP contribution >= 0.6 is 12.2 Å². The Labute approximate surface area is 79.1 Å². The van der Waals surface area contributed by atoms with Gasteiger partial charge in [-0.1, -0.05) is 12.2 Å². The van der Waals surface area contributed by atoms with Gasteiger partial charge in [-0.3, -0.25) is 4.90 Å². The average molecular weight is 184 g/mol. The lowest BCUT2D eigenvalue weighted by Crippen LogP contribution is -2.35. The highest BCUT2D eigenvalue weighted by Gasteiger charge is 2.45. The Morgan fingerprint density at radius 1 is 1.58 bits per heavy atom. The van der Waals surface area contributed by atoms with Gasteiger partial charge in [-0.25, -0.2) is 0 Å². The van der Waals surface area contributed by atoms with Crippen molar-refractivity contribution in [2.45, 2.75) is 25.8 Å². The molecule has 2 nitrogen and oxygen atoms in total. The topological polar surface area (TPSA) is 29.3 Å². The first-order valence-electron chi connectivity index (χ1n) is 4.69. The fraction of sp³-hybridized carbons (Fsp3) is 0.889. The molecule has 3 atom stereocenters. The van der Waals surface area contributed by atoms with Gasteiger partial charge < -0.3 is 5.73 Å². The van der Waals surface area contributed by atoms with Crippen molar-refractivity contribution in [1.82, 2.24) is 4.90 Å². The molecule has 1 aliphatic carbocycles. The molecule has 0 amide bonds. The predicted octanol–water partition coefficient (Wildman–Crippen LogP) is 1.00. The van der Waals surface area contributed by atoms with Crippen molar-refractivity contribution in [2.75, 3.05) is 13.1 Å². The molecule has 68 valence electrons. The van der Waals surface area contributed by atoms with Crippen LogP contribution < -0.4 is 5.73 Å². The first-order chi connectivity index (χ1) is 5.66. The van der Waals surface area contributed by atoms with Gasteiger partial charge in [0.1, 0.15) is 0 Å². The van der Waals surface area contributed by atoms with Crippen molar-refractivity contribution < 1.29 is 0 Å². The highest BCUT2D eigenvalue weighted by molar-refractivity contribution is 7.80. The Hall–Kier alpha value is -0.150. The van der Waals surface area contributed by atoms with Crippen molar-refractivity contribution in [2.24, 2.45) is 17.6 Å². The second-order valence-electron chi connectivity index (χ2n) is 4.23. The van der Waals surface area contributed by atoms with Gasteiger partial charge in [-0.2, -0.15) is 0 Å². The quantitative estimate of drug-likeness (QED) is 0.664. The monoisotopic (exact) mass is 184 g/mol. The van der Waals surface area contributed by atoms with E-state index in [1.807, 2.05) is 0 Å². The van der Waals surface area contributed by atoms with E-state index in [-0.39, 0.29) is 0 Å². The Morgan fingerprint density at radius 2 is 2.17 bits per heavy atom. The van der Waals surface area contributed by atoms with Crippen LogP contribution in [0.2, 0.25) is 0 Å². The molecule has 3 unspecified atom stereocenters. The molecule has 0 radical (unpaired) electrons. The molecule has 1 heterocycles. The second kappa shape index (κ2) is 2.96. The molecule has 0 aromatic rings. The standard InChI is InChI=1S/C9H16N2S/c1-6(2-9(10)12)11-4-7-3-8(7)5-11/h6-8H,2-5H2,1H3,(H2,10,12). The zero-order valence-electron chi connectivity index (χ0n) is 7.49. The predicted molar refractivity (Wildman–Crippen MR) is 54.0 cm³/mol. The van der Waals surface area contributed by atoms with Crippen LogP contribution in [0.5, 0.6) is 0 Å². The fourth-order valence-corrected chi connectivity index (χ4v) is 2.46. The highest BCUT2D eigenvalue weighted by Crippen LogP contribution is 2.45. The maximum atomic E-state index is 5.51. The molecule has 0 bridgehead atoms. The minimum atomic E-state index is 0.565. The second-order valence-corrected chi connectivity index (χ2v) is 4.75. The number of likely N-dealkylation sites (tertiary alicyclic amines) is 1. The highest BCUT2D eigenvalue weighted by atomic mass is 32.1. The number of thiocarbonyl (C=S) groups is 1. The van der Waals surface area contributed by atoms with E-state index in [9.17, 15) is 0 Å². The molecule has 2 fully saturated rings. The zero-order valence-corrected chi connectivity index (χ0v) is 8.31. The Bertz CT molecular complexity index is 195. The molecule has 0 aromatic heterocycles. The SMILES string of the molecule is CC(CC(N)=S)N1CC2CC2C1. The molecule has 0 aromatic carbocycles. The lowest BCUT2D eigenvalue weighted by Gasteiger charge is -2.24. The van der Waals surface area contributed by atoms with E-state index >= 15 is 0 Å². The number of hydrogen-bond acceptors (Lipinski definition) is 2. The third-order valence-electron chi connectivity index (χ3n) is 3.13. The summed E-state index contributed by atoms with van der Waals surface area (Å²) in [6.07, 6.45) is 2.35. The van der Waals surface area contributed by atoms with Crippen molar-refractivity contribution in [3.8, 4) is 0 Å². The van der Waals surface area contributed by atoms with Crippen LogP contribution in [0, 0.1) is 11.8 Å². The van der Waals surface area contributed by atoms with Crippen molar-refractivity contribution in [3.05, 3.63) is 0 Å². The molecular formula is C9H16N2S. The van der Waals surface area contributed by atoms with E-state index in [1.54, 1.807) is 0 Å². The minimum Gasteiger partial charge on any atom is -0.393 e. The first kappa shape index (κ1) is 8.45. The van der Waals surface area contributed by atoms with Crippen LogP contribution in [0.4, 0.5) is 0 Å². The molecule has 1 saturated heterocycles. The first-order valence-corrected chi connectivity index (χ1v) is 5.10. The summed E-state index contributed by atoms with van der Waals surface area (Å²) in [5.74, 6) is 2.03. The number of nitrogens with zero attached hydrogens (tertiary/aromatic N) is 1. The van der Waals surface area contributed by atoms with Crippen LogP contribution in [0.25, 0.3) is 0 Å². The van der Waals surface area contributed by atoms with Crippen LogP contribution in [-0.4, -0.2) is 29.0 Å². The number of hydrogen-bond donors (Lipinski definition) is 1. The van der Waals surface area contributed by atoms with Gasteiger partial charge >= 0.3 is 0 Å². The van der Waals surface area contributed by atoms with Crippen LogP contribution in [0.1, 0.15) is 19.8 Å². The number of nitrogens with two attached hydrogens (primary N) is 1. The van der Waals surface area contributed by atoms with Crippen LogP contribution in [-0.2, 0) is 0 Å². The summed E-state index contributed by atoms with van der Waals surface area (Å²) in [6.45, 7) is 4.80. The fourth-order valence-electron chi connectivity index (χ4n) is 2.21. The van der Waals surface area contributed by atoms with Crippen LogP contribution in [0.15, 0.2) is 0 Å². The summed E-state index contributed by atoms with van der Waals surface area (Å²) in [5.41, 5.74) is 5.51. The van der Waals surface area contributed by atoms with E-state index in [0.717, 1.165) is 18.3 Å². The summed E-state index contributed by atoms with van der Waals surface area (Å²) in [5, 5.41) is 0. The van der Waals surface area contributed by atoms with Crippen molar-refractivity contribution in [1.29, 1.82) is 0 Å². The third kappa shape index (κ3) is 1.62. The molecule has 12 heavy (non-hydrogen) atoms.